The lowest BCUT2D eigenvalue weighted by molar-refractivity contribution is 0.0709. The molecule has 2 aliphatic heterocycles. The first-order valence-corrected chi connectivity index (χ1v) is 12.1. The molecule has 0 spiro atoms. The molecule has 2 saturated heterocycles. The molecular formula is C24H27N5O2S. The maximum atomic E-state index is 13.0. The smallest absolute Gasteiger partial charge is 0.257 e. The summed E-state index contributed by atoms with van der Waals surface area (Å²) in [7, 11) is 0. The third-order valence-corrected chi connectivity index (χ3v) is 7.44. The normalized spacial score (nSPS) is 17.3. The van der Waals surface area contributed by atoms with Crippen LogP contribution >= 0.6 is 11.3 Å². The Bertz CT molecular complexity index is 1180. The van der Waals surface area contributed by atoms with E-state index < -0.39 is 0 Å². The monoisotopic (exact) mass is 449 g/mol. The van der Waals surface area contributed by atoms with Gasteiger partial charge in [-0.15, -0.1) is 11.3 Å². The SMILES string of the molecule is Cc1nc2ccc(C(=O)N3CCC(c4ncc(C(=O)N5CCCC5)c(C)n4)CC3)cc2s1. The highest BCUT2D eigenvalue weighted by atomic mass is 32.1. The van der Waals surface area contributed by atoms with E-state index in [0.717, 1.165) is 71.1 Å². The van der Waals surface area contributed by atoms with E-state index in [0.29, 0.717) is 18.7 Å². The molecule has 0 atom stereocenters. The van der Waals surface area contributed by atoms with Crippen molar-refractivity contribution in [3.8, 4) is 0 Å². The number of aromatic nitrogens is 3. The second-order valence-electron chi connectivity index (χ2n) is 8.71. The molecule has 8 heteroatoms. The zero-order valence-electron chi connectivity index (χ0n) is 18.5. The third-order valence-electron chi connectivity index (χ3n) is 6.51. The Kier molecular flexibility index (Phi) is 5.63. The van der Waals surface area contributed by atoms with E-state index in [4.69, 9.17) is 0 Å². The van der Waals surface area contributed by atoms with Crippen molar-refractivity contribution in [2.24, 2.45) is 0 Å². The predicted molar refractivity (Wildman–Crippen MR) is 124 cm³/mol. The Hall–Kier alpha value is -2.87. The number of carbonyl (C=O) groups excluding carboxylic acids is 2. The Morgan fingerprint density at radius 2 is 1.69 bits per heavy atom. The number of nitrogens with zero attached hydrogens (tertiary/aromatic N) is 5. The van der Waals surface area contributed by atoms with Gasteiger partial charge in [0.25, 0.3) is 11.8 Å². The Morgan fingerprint density at radius 1 is 0.969 bits per heavy atom. The lowest BCUT2D eigenvalue weighted by Crippen LogP contribution is -2.38. The molecule has 0 saturated carbocycles. The van der Waals surface area contributed by atoms with Crippen LogP contribution in [0.5, 0.6) is 0 Å². The predicted octanol–water partition coefficient (Wildman–Crippen LogP) is 3.96. The number of hydrogen-bond acceptors (Lipinski definition) is 6. The zero-order chi connectivity index (χ0) is 22.2. The van der Waals surface area contributed by atoms with Gasteiger partial charge >= 0.3 is 0 Å². The van der Waals surface area contributed by atoms with Crippen LogP contribution < -0.4 is 0 Å². The molecule has 2 amide bonds. The van der Waals surface area contributed by atoms with Crippen LogP contribution in [0.1, 0.15) is 68.8 Å². The van der Waals surface area contributed by atoms with Gasteiger partial charge in [0.05, 0.1) is 26.5 Å². The van der Waals surface area contributed by atoms with Gasteiger partial charge in [0, 0.05) is 43.9 Å². The number of fused-ring (bicyclic) bond motifs is 1. The standard InChI is InChI=1S/C24H27N5O2S/c1-15-19(24(31)28-9-3-4-10-28)14-25-22(26-15)17-7-11-29(12-8-17)23(30)18-5-6-20-21(13-18)32-16(2)27-20/h5-6,13-14,17H,3-4,7-12H2,1-2H3. The first kappa shape index (κ1) is 21.0. The summed E-state index contributed by atoms with van der Waals surface area (Å²) in [5.41, 5.74) is 3.02. The van der Waals surface area contributed by atoms with Crippen molar-refractivity contribution in [1.29, 1.82) is 0 Å². The van der Waals surface area contributed by atoms with Gasteiger partial charge in [0.15, 0.2) is 0 Å². The average Bonchev–Trinajstić information content (AvgIpc) is 3.47. The van der Waals surface area contributed by atoms with Crippen molar-refractivity contribution in [3.63, 3.8) is 0 Å². The second kappa shape index (κ2) is 8.58. The lowest BCUT2D eigenvalue weighted by atomic mass is 9.95. The molecular weight excluding hydrogens is 422 g/mol. The first-order valence-electron chi connectivity index (χ1n) is 11.3. The van der Waals surface area contributed by atoms with Gasteiger partial charge in [-0.25, -0.2) is 15.0 Å². The van der Waals surface area contributed by atoms with Crippen LogP contribution in [0.2, 0.25) is 0 Å². The number of benzene rings is 1. The molecule has 0 unspecified atom stereocenters. The van der Waals surface area contributed by atoms with E-state index in [-0.39, 0.29) is 17.7 Å². The number of likely N-dealkylation sites (tertiary alicyclic amines) is 2. The van der Waals surface area contributed by atoms with Crippen LogP contribution in [0.25, 0.3) is 10.2 Å². The van der Waals surface area contributed by atoms with Crippen LogP contribution in [0.3, 0.4) is 0 Å². The number of piperidine rings is 1. The van der Waals surface area contributed by atoms with Gasteiger partial charge in [0.2, 0.25) is 0 Å². The topological polar surface area (TPSA) is 79.3 Å². The van der Waals surface area contributed by atoms with E-state index in [2.05, 4.69) is 15.0 Å². The number of carbonyl (C=O) groups is 2. The highest BCUT2D eigenvalue weighted by Gasteiger charge is 2.28. The van der Waals surface area contributed by atoms with E-state index in [1.54, 1.807) is 17.5 Å². The van der Waals surface area contributed by atoms with Crippen LogP contribution in [-0.2, 0) is 0 Å². The van der Waals surface area contributed by atoms with Crippen molar-refractivity contribution in [1.82, 2.24) is 24.8 Å². The molecule has 7 nitrogen and oxygen atoms in total. The van der Waals surface area contributed by atoms with Gasteiger partial charge in [-0.1, -0.05) is 0 Å². The quantitative estimate of drug-likeness (QED) is 0.605. The fourth-order valence-electron chi connectivity index (χ4n) is 4.68. The summed E-state index contributed by atoms with van der Waals surface area (Å²) >= 11 is 1.62. The summed E-state index contributed by atoms with van der Waals surface area (Å²) in [6.07, 6.45) is 5.48. The summed E-state index contributed by atoms with van der Waals surface area (Å²) in [4.78, 5) is 43.2. The van der Waals surface area contributed by atoms with Crippen molar-refractivity contribution in [2.45, 2.75) is 45.4 Å². The number of thiazole rings is 1. The lowest BCUT2D eigenvalue weighted by Gasteiger charge is -2.31. The maximum absolute atomic E-state index is 13.0. The summed E-state index contributed by atoms with van der Waals surface area (Å²) in [6.45, 7) is 6.88. The summed E-state index contributed by atoms with van der Waals surface area (Å²) in [6, 6.07) is 5.76. The number of amides is 2. The van der Waals surface area contributed by atoms with E-state index in [9.17, 15) is 9.59 Å². The fraction of sp³-hybridized carbons (Fsp3) is 0.458. The third kappa shape index (κ3) is 3.99. The largest absolute Gasteiger partial charge is 0.339 e. The fourth-order valence-corrected chi connectivity index (χ4v) is 5.54. The molecule has 2 fully saturated rings. The minimum absolute atomic E-state index is 0.0417. The molecule has 0 bridgehead atoms. The minimum Gasteiger partial charge on any atom is -0.339 e. The highest BCUT2D eigenvalue weighted by molar-refractivity contribution is 7.18. The molecule has 0 aliphatic carbocycles. The average molecular weight is 450 g/mol. The summed E-state index contributed by atoms with van der Waals surface area (Å²) in [5.74, 6) is 1.11. The van der Waals surface area contributed by atoms with Crippen molar-refractivity contribution in [2.75, 3.05) is 26.2 Å². The second-order valence-corrected chi connectivity index (χ2v) is 9.94. The molecule has 0 N–H and O–H groups in total. The first-order chi connectivity index (χ1) is 15.5. The summed E-state index contributed by atoms with van der Waals surface area (Å²) < 4.78 is 1.05. The zero-order valence-corrected chi connectivity index (χ0v) is 19.3. The molecule has 0 radical (unpaired) electrons. The Labute approximate surface area is 191 Å². The van der Waals surface area contributed by atoms with E-state index in [1.165, 1.54) is 0 Å². The molecule has 4 heterocycles. The Morgan fingerprint density at radius 3 is 2.41 bits per heavy atom. The molecule has 1 aromatic carbocycles. The number of hydrogen-bond donors (Lipinski definition) is 0. The van der Waals surface area contributed by atoms with Crippen molar-refractivity contribution < 1.29 is 9.59 Å². The van der Waals surface area contributed by atoms with Crippen LogP contribution in [0, 0.1) is 13.8 Å². The Balaban J connectivity index is 1.24. The van der Waals surface area contributed by atoms with Gasteiger partial charge in [-0.2, -0.15) is 0 Å². The van der Waals surface area contributed by atoms with Gasteiger partial charge in [0.1, 0.15) is 5.82 Å². The molecule has 3 aromatic rings. The number of rotatable bonds is 3. The molecule has 166 valence electrons. The number of aryl methyl sites for hydroxylation is 2. The van der Waals surface area contributed by atoms with E-state index >= 15 is 0 Å². The molecule has 5 rings (SSSR count). The maximum Gasteiger partial charge on any atom is 0.257 e. The van der Waals surface area contributed by atoms with Crippen molar-refractivity contribution in [3.05, 3.63) is 52.0 Å². The molecule has 2 aliphatic rings. The molecule has 32 heavy (non-hydrogen) atoms. The highest BCUT2D eigenvalue weighted by Crippen LogP contribution is 2.28. The van der Waals surface area contributed by atoms with Crippen LogP contribution in [-0.4, -0.2) is 62.7 Å². The van der Waals surface area contributed by atoms with Crippen molar-refractivity contribution >= 4 is 33.4 Å². The van der Waals surface area contributed by atoms with Gasteiger partial charge in [-0.05, 0) is 57.7 Å². The summed E-state index contributed by atoms with van der Waals surface area (Å²) in [5, 5.41) is 1.01. The van der Waals surface area contributed by atoms with E-state index in [1.807, 2.05) is 41.8 Å². The van der Waals surface area contributed by atoms with Gasteiger partial charge in [-0.3, -0.25) is 9.59 Å². The van der Waals surface area contributed by atoms with Gasteiger partial charge < -0.3 is 9.80 Å². The van der Waals surface area contributed by atoms with Crippen LogP contribution in [0.4, 0.5) is 0 Å². The van der Waals surface area contributed by atoms with Crippen LogP contribution in [0.15, 0.2) is 24.4 Å². The minimum atomic E-state index is 0.0417. The molecule has 2 aromatic heterocycles.